The minimum atomic E-state index is 0.653. The molecule has 6 nitrogen and oxygen atoms in total. The van der Waals surface area contributed by atoms with E-state index < -0.39 is 0 Å². The van der Waals surface area contributed by atoms with E-state index in [1.807, 2.05) is 12.3 Å². The first-order chi connectivity index (χ1) is 12.8. The molecule has 0 atom stereocenters. The Labute approximate surface area is 155 Å². The van der Waals surface area contributed by atoms with Crippen LogP contribution in [0.4, 0.5) is 23.1 Å². The Balaban J connectivity index is 1.41. The number of morpholine rings is 1. The summed E-state index contributed by atoms with van der Waals surface area (Å²) in [7, 11) is 0. The van der Waals surface area contributed by atoms with Crippen LogP contribution in [0.2, 0.25) is 0 Å². The normalized spacial score (nSPS) is 18.8. The maximum absolute atomic E-state index is 5.42. The number of aromatic nitrogens is 2. The molecule has 1 N–H and O–H groups in total. The lowest BCUT2D eigenvalue weighted by Crippen LogP contribution is -2.36. The van der Waals surface area contributed by atoms with Crippen molar-refractivity contribution in [2.75, 3.05) is 54.5 Å². The summed E-state index contributed by atoms with van der Waals surface area (Å²) in [5.41, 5.74) is 2.24. The van der Waals surface area contributed by atoms with Crippen LogP contribution in [0.1, 0.15) is 19.8 Å². The molecule has 0 spiro atoms. The molecule has 2 aliphatic rings. The fourth-order valence-corrected chi connectivity index (χ4v) is 3.53. The predicted octanol–water partition coefficient (Wildman–Crippen LogP) is 3.29. The lowest BCUT2D eigenvalue weighted by atomic mass is 9.99. The number of benzene rings is 1. The van der Waals surface area contributed by atoms with Crippen LogP contribution in [-0.2, 0) is 4.74 Å². The topological polar surface area (TPSA) is 53.5 Å². The first-order valence-electron chi connectivity index (χ1n) is 9.56. The summed E-state index contributed by atoms with van der Waals surface area (Å²) in [6.07, 6.45) is 4.30. The lowest BCUT2D eigenvalue weighted by Gasteiger charge is -2.31. The fourth-order valence-electron chi connectivity index (χ4n) is 3.53. The molecular formula is C20H27N5O. The highest BCUT2D eigenvalue weighted by Crippen LogP contribution is 2.24. The minimum Gasteiger partial charge on any atom is -0.378 e. The third-order valence-electron chi connectivity index (χ3n) is 5.25. The average Bonchev–Trinajstić information content (AvgIpc) is 2.70. The molecule has 2 aromatic rings. The molecular weight excluding hydrogens is 326 g/mol. The molecule has 3 heterocycles. The lowest BCUT2D eigenvalue weighted by molar-refractivity contribution is 0.122. The van der Waals surface area contributed by atoms with Gasteiger partial charge in [-0.3, -0.25) is 0 Å². The Bertz CT molecular complexity index is 706. The van der Waals surface area contributed by atoms with Crippen LogP contribution in [0.25, 0.3) is 0 Å². The van der Waals surface area contributed by atoms with Gasteiger partial charge >= 0.3 is 0 Å². The maximum Gasteiger partial charge on any atom is 0.229 e. The monoisotopic (exact) mass is 353 g/mol. The molecule has 1 aromatic heterocycles. The Morgan fingerprint density at radius 3 is 2.42 bits per heavy atom. The minimum absolute atomic E-state index is 0.653. The van der Waals surface area contributed by atoms with E-state index in [0.717, 1.165) is 56.8 Å². The van der Waals surface area contributed by atoms with E-state index in [9.17, 15) is 0 Å². The van der Waals surface area contributed by atoms with E-state index in [0.29, 0.717) is 5.95 Å². The van der Waals surface area contributed by atoms with Gasteiger partial charge in [-0.1, -0.05) is 6.92 Å². The number of piperidine rings is 1. The van der Waals surface area contributed by atoms with E-state index in [4.69, 9.17) is 9.72 Å². The van der Waals surface area contributed by atoms with Crippen LogP contribution in [0.3, 0.4) is 0 Å². The van der Waals surface area contributed by atoms with Gasteiger partial charge in [-0.15, -0.1) is 0 Å². The van der Waals surface area contributed by atoms with Crippen LogP contribution in [0, 0.1) is 5.92 Å². The molecule has 6 heteroatoms. The number of ether oxygens (including phenoxy) is 1. The van der Waals surface area contributed by atoms with Crippen LogP contribution in [0.15, 0.2) is 36.5 Å². The van der Waals surface area contributed by atoms with Crippen LogP contribution >= 0.6 is 0 Å². The average molecular weight is 353 g/mol. The Kier molecular flexibility index (Phi) is 5.20. The van der Waals surface area contributed by atoms with Crippen molar-refractivity contribution in [2.24, 2.45) is 5.92 Å². The predicted molar refractivity (Wildman–Crippen MR) is 105 cm³/mol. The third-order valence-corrected chi connectivity index (χ3v) is 5.25. The molecule has 0 saturated carbocycles. The summed E-state index contributed by atoms with van der Waals surface area (Å²) in [5.74, 6) is 2.48. The molecule has 0 bridgehead atoms. The second kappa shape index (κ2) is 7.91. The summed E-state index contributed by atoms with van der Waals surface area (Å²) in [4.78, 5) is 13.8. The maximum atomic E-state index is 5.42. The molecule has 0 amide bonds. The molecule has 2 saturated heterocycles. The zero-order valence-corrected chi connectivity index (χ0v) is 15.4. The van der Waals surface area contributed by atoms with E-state index in [-0.39, 0.29) is 0 Å². The number of rotatable bonds is 4. The smallest absolute Gasteiger partial charge is 0.229 e. The molecule has 0 radical (unpaired) electrons. The van der Waals surface area contributed by atoms with Gasteiger partial charge in [0.2, 0.25) is 5.95 Å². The molecule has 2 fully saturated rings. The van der Waals surface area contributed by atoms with Gasteiger partial charge < -0.3 is 19.9 Å². The van der Waals surface area contributed by atoms with Crippen molar-refractivity contribution in [2.45, 2.75) is 19.8 Å². The van der Waals surface area contributed by atoms with E-state index in [1.165, 1.54) is 18.5 Å². The van der Waals surface area contributed by atoms with Crippen molar-refractivity contribution in [3.63, 3.8) is 0 Å². The van der Waals surface area contributed by atoms with Crippen LogP contribution in [-0.4, -0.2) is 49.4 Å². The van der Waals surface area contributed by atoms with Crippen molar-refractivity contribution in [3.8, 4) is 0 Å². The number of nitrogens with zero attached hydrogens (tertiary/aromatic N) is 4. The molecule has 138 valence electrons. The highest BCUT2D eigenvalue weighted by Gasteiger charge is 2.17. The molecule has 2 aliphatic heterocycles. The number of hydrogen-bond acceptors (Lipinski definition) is 6. The second-order valence-electron chi connectivity index (χ2n) is 7.18. The van der Waals surface area contributed by atoms with Gasteiger partial charge in [-0.2, -0.15) is 4.98 Å². The van der Waals surface area contributed by atoms with Crippen LogP contribution in [0.5, 0.6) is 0 Å². The van der Waals surface area contributed by atoms with Gasteiger partial charge in [0, 0.05) is 43.8 Å². The number of nitrogens with one attached hydrogen (secondary N) is 1. The van der Waals surface area contributed by atoms with Crippen molar-refractivity contribution >= 4 is 23.1 Å². The standard InChI is InChI=1S/C20H27N5O/c1-16-7-10-25(11-8-16)19-6-9-21-20(23-19)22-17-2-4-18(5-3-17)24-12-14-26-15-13-24/h2-6,9,16H,7-8,10-15H2,1H3,(H,21,22,23). The van der Waals surface area contributed by atoms with E-state index in [1.54, 1.807) is 0 Å². The zero-order chi connectivity index (χ0) is 17.8. The summed E-state index contributed by atoms with van der Waals surface area (Å²) < 4.78 is 5.42. The van der Waals surface area contributed by atoms with Gasteiger partial charge in [0.25, 0.3) is 0 Å². The number of anilines is 4. The SMILES string of the molecule is CC1CCN(c2ccnc(Nc3ccc(N4CCOCC4)cc3)n2)CC1. The molecule has 1 aromatic carbocycles. The van der Waals surface area contributed by atoms with Gasteiger partial charge in [0.1, 0.15) is 5.82 Å². The molecule has 26 heavy (non-hydrogen) atoms. The third kappa shape index (κ3) is 4.07. The highest BCUT2D eigenvalue weighted by atomic mass is 16.5. The molecule has 4 rings (SSSR count). The molecule has 0 aliphatic carbocycles. The summed E-state index contributed by atoms with van der Waals surface area (Å²) in [6, 6.07) is 10.5. The van der Waals surface area contributed by atoms with Gasteiger partial charge in [-0.25, -0.2) is 4.98 Å². The van der Waals surface area contributed by atoms with Gasteiger partial charge in [0.05, 0.1) is 13.2 Å². The quantitative estimate of drug-likeness (QED) is 0.910. The van der Waals surface area contributed by atoms with Gasteiger partial charge in [-0.05, 0) is 49.1 Å². The van der Waals surface area contributed by atoms with Crippen molar-refractivity contribution in [1.29, 1.82) is 0 Å². The van der Waals surface area contributed by atoms with Gasteiger partial charge in [0.15, 0.2) is 0 Å². The van der Waals surface area contributed by atoms with E-state index in [2.05, 4.69) is 51.3 Å². The largest absolute Gasteiger partial charge is 0.378 e. The Morgan fingerprint density at radius 2 is 1.69 bits per heavy atom. The fraction of sp³-hybridized carbons (Fsp3) is 0.500. The summed E-state index contributed by atoms with van der Waals surface area (Å²) >= 11 is 0. The first kappa shape index (κ1) is 17.1. The van der Waals surface area contributed by atoms with Crippen molar-refractivity contribution in [3.05, 3.63) is 36.5 Å². The van der Waals surface area contributed by atoms with Crippen molar-refractivity contribution < 1.29 is 4.74 Å². The highest BCUT2D eigenvalue weighted by molar-refractivity contribution is 5.60. The Morgan fingerprint density at radius 1 is 0.962 bits per heavy atom. The molecule has 0 unspecified atom stereocenters. The number of hydrogen-bond donors (Lipinski definition) is 1. The van der Waals surface area contributed by atoms with Crippen LogP contribution < -0.4 is 15.1 Å². The first-order valence-corrected chi connectivity index (χ1v) is 9.56. The second-order valence-corrected chi connectivity index (χ2v) is 7.18. The summed E-state index contributed by atoms with van der Waals surface area (Å²) in [5, 5.41) is 3.33. The Hall–Kier alpha value is -2.34. The van der Waals surface area contributed by atoms with Crippen molar-refractivity contribution in [1.82, 2.24) is 9.97 Å². The van der Waals surface area contributed by atoms with E-state index >= 15 is 0 Å². The zero-order valence-electron chi connectivity index (χ0n) is 15.4. The summed E-state index contributed by atoms with van der Waals surface area (Å²) in [6.45, 7) is 7.98.